The molecule has 0 amide bonds. The van der Waals surface area contributed by atoms with E-state index in [4.69, 9.17) is 0 Å². The van der Waals surface area contributed by atoms with Gasteiger partial charge in [0.15, 0.2) is 0 Å². The van der Waals surface area contributed by atoms with Gasteiger partial charge in [0, 0.05) is 6.54 Å². The zero-order valence-corrected chi connectivity index (χ0v) is 12.3. The second kappa shape index (κ2) is 5.14. The summed E-state index contributed by atoms with van der Waals surface area (Å²) in [5, 5.41) is 7.91. The molecule has 0 bridgehead atoms. The second-order valence-electron chi connectivity index (χ2n) is 7.25. The third kappa shape index (κ3) is 2.09. The fourth-order valence-electron chi connectivity index (χ4n) is 5.58. The highest BCUT2D eigenvalue weighted by Crippen LogP contribution is 2.60. The summed E-state index contributed by atoms with van der Waals surface area (Å²) in [7, 11) is 0. The van der Waals surface area contributed by atoms with Crippen LogP contribution < -0.4 is 5.32 Å². The smallest absolute Gasteiger partial charge is 0.137 e. The molecule has 3 fully saturated rings. The van der Waals surface area contributed by atoms with Gasteiger partial charge in [0.05, 0.1) is 0 Å². The topological polar surface area (TPSA) is 42.7 Å². The van der Waals surface area contributed by atoms with Crippen LogP contribution >= 0.6 is 0 Å². The van der Waals surface area contributed by atoms with Crippen LogP contribution in [0.2, 0.25) is 0 Å². The molecule has 20 heavy (non-hydrogen) atoms. The highest BCUT2D eigenvalue weighted by atomic mass is 15.3. The van der Waals surface area contributed by atoms with Crippen molar-refractivity contribution in [3.63, 3.8) is 0 Å². The van der Waals surface area contributed by atoms with Crippen molar-refractivity contribution in [3.8, 4) is 0 Å². The highest BCUT2D eigenvalue weighted by Gasteiger charge is 2.53. The van der Waals surface area contributed by atoms with E-state index in [1.165, 1.54) is 58.0 Å². The molecule has 3 atom stereocenters. The number of hydrogen-bond acceptors (Lipinski definition) is 3. The monoisotopic (exact) mass is 274 g/mol. The number of rotatable bonds is 2. The normalized spacial score (nSPS) is 36.1. The van der Waals surface area contributed by atoms with Crippen molar-refractivity contribution < 1.29 is 0 Å². The molecule has 3 aliphatic rings. The largest absolute Gasteiger partial charge is 0.317 e. The van der Waals surface area contributed by atoms with Crippen LogP contribution in [0.5, 0.6) is 0 Å². The first kappa shape index (κ1) is 12.8. The number of nitrogens with one attached hydrogen (secondary N) is 1. The van der Waals surface area contributed by atoms with Crippen LogP contribution in [0.1, 0.15) is 44.9 Å². The van der Waals surface area contributed by atoms with Crippen molar-refractivity contribution in [1.29, 1.82) is 0 Å². The van der Waals surface area contributed by atoms with Crippen LogP contribution in [0.4, 0.5) is 0 Å². The molecule has 1 aromatic rings. The standard InChI is InChI=1S/C16H26N4/c1-2-4-15-14(3-1)13(10-20-12-18-11-19-20)9-16(15)5-7-17-8-6-16/h11-15,17H,1-10H2/t13-,14?,15?/m0/s1. The first-order chi connectivity index (χ1) is 9.87. The number of aromatic nitrogens is 3. The van der Waals surface area contributed by atoms with Gasteiger partial charge in [-0.25, -0.2) is 4.98 Å². The Labute approximate surface area is 121 Å². The van der Waals surface area contributed by atoms with E-state index in [2.05, 4.69) is 20.1 Å². The maximum Gasteiger partial charge on any atom is 0.137 e. The van der Waals surface area contributed by atoms with E-state index in [-0.39, 0.29) is 0 Å². The molecule has 4 nitrogen and oxygen atoms in total. The molecule has 2 aliphatic carbocycles. The van der Waals surface area contributed by atoms with E-state index in [1.54, 1.807) is 6.33 Å². The summed E-state index contributed by atoms with van der Waals surface area (Å²) in [6, 6.07) is 0. The second-order valence-corrected chi connectivity index (χ2v) is 7.25. The minimum Gasteiger partial charge on any atom is -0.317 e. The number of nitrogens with zero attached hydrogens (tertiary/aromatic N) is 3. The Balaban J connectivity index is 1.57. The molecule has 0 radical (unpaired) electrons. The predicted octanol–water partition coefficient (Wildman–Crippen LogP) is 2.47. The minimum atomic E-state index is 0.654. The average Bonchev–Trinajstić information content (AvgIpc) is 3.09. The van der Waals surface area contributed by atoms with Gasteiger partial charge >= 0.3 is 0 Å². The van der Waals surface area contributed by atoms with Crippen LogP contribution in [-0.4, -0.2) is 27.9 Å². The van der Waals surface area contributed by atoms with E-state index in [0.29, 0.717) is 5.41 Å². The van der Waals surface area contributed by atoms with Crippen LogP contribution in [0.3, 0.4) is 0 Å². The van der Waals surface area contributed by atoms with Crippen LogP contribution in [0.15, 0.2) is 12.7 Å². The van der Waals surface area contributed by atoms with Crippen molar-refractivity contribution in [2.75, 3.05) is 13.1 Å². The van der Waals surface area contributed by atoms with Gasteiger partial charge in [-0.05, 0) is 68.4 Å². The third-order valence-electron chi connectivity index (χ3n) is 6.37. The zero-order chi connectivity index (χ0) is 13.4. The summed E-state index contributed by atoms with van der Waals surface area (Å²) >= 11 is 0. The highest BCUT2D eigenvalue weighted by molar-refractivity contribution is 5.03. The molecule has 2 heterocycles. The van der Waals surface area contributed by atoms with Gasteiger partial charge in [0.25, 0.3) is 0 Å². The Morgan fingerprint density at radius 1 is 1.20 bits per heavy atom. The maximum absolute atomic E-state index is 4.34. The van der Waals surface area contributed by atoms with E-state index in [0.717, 1.165) is 24.3 Å². The van der Waals surface area contributed by atoms with Crippen LogP contribution in [0, 0.1) is 23.2 Å². The summed E-state index contributed by atoms with van der Waals surface area (Å²) in [5.41, 5.74) is 0.654. The maximum atomic E-state index is 4.34. The van der Waals surface area contributed by atoms with Gasteiger partial charge < -0.3 is 5.32 Å². The molecule has 1 spiro atoms. The number of fused-ring (bicyclic) bond motifs is 2. The van der Waals surface area contributed by atoms with E-state index >= 15 is 0 Å². The van der Waals surface area contributed by atoms with Gasteiger partial charge in [-0.15, -0.1) is 0 Å². The summed E-state index contributed by atoms with van der Waals surface area (Å²) in [6.45, 7) is 3.56. The summed E-state index contributed by atoms with van der Waals surface area (Å²) in [4.78, 5) is 4.11. The first-order valence-electron chi connectivity index (χ1n) is 8.41. The average molecular weight is 274 g/mol. The minimum absolute atomic E-state index is 0.654. The van der Waals surface area contributed by atoms with Gasteiger partial charge in [0.1, 0.15) is 12.7 Å². The van der Waals surface area contributed by atoms with Gasteiger partial charge in [-0.2, -0.15) is 5.10 Å². The van der Waals surface area contributed by atoms with Crippen molar-refractivity contribution in [2.45, 2.75) is 51.5 Å². The molecule has 2 saturated carbocycles. The molecule has 4 heteroatoms. The molecule has 0 aromatic carbocycles. The van der Waals surface area contributed by atoms with Gasteiger partial charge in [-0.1, -0.05) is 12.8 Å². The predicted molar refractivity (Wildman–Crippen MR) is 78.1 cm³/mol. The lowest BCUT2D eigenvalue weighted by Crippen LogP contribution is -2.40. The Morgan fingerprint density at radius 3 is 2.85 bits per heavy atom. The lowest BCUT2D eigenvalue weighted by atomic mass is 9.65. The Bertz CT molecular complexity index is 435. The van der Waals surface area contributed by atoms with E-state index in [1.807, 2.05) is 6.33 Å². The lowest BCUT2D eigenvalue weighted by molar-refractivity contribution is 0.0883. The summed E-state index contributed by atoms with van der Waals surface area (Å²) < 4.78 is 2.07. The SMILES string of the molecule is c1ncn(C[C@@H]2CC3(CCNCC3)C3CCCCC32)n1. The van der Waals surface area contributed by atoms with Gasteiger partial charge in [-0.3, -0.25) is 4.68 Å². The number of piperidine rings is 1. The van der Waals surface area contributed by atoms with Crippen molar-refractivity contribution >= 4 is 0 Å². The molecule has 110 valence electrons. The van der Waals surface area contributed by atoms with Crippen molar-refractivity contribution in [1.82, 2.24) is 20.1 Å². The van der Waals surface area contributed by atoms with Crippen molar-refractivity contribution in [3.05, 3.63) is 12.7 Å². The quantitative estimate of drug-likeness (QED) is 0.901. The fourth-order valence-corrected chi connectivity index (χ4v) is 5.58. The molecule has 1 saturated heterocycles. The Hall–Kier alpha value is -0.900. The van der Waals surface area contributed by atoms with Crippen molar-refractivity contribution in [2.24, 2.45) is 23.2 Å². The molecule has 4 rings (SSSR count). The first-order valence-corrected chi connectivity index (χ1v) is 8.41. The summed E-state index contributed by atoms with van der Waals surface area (Å²) in [6.07, 6.45) is 13.7. The lowest BCUT2D eigenvalue weighted by Gasteiger charge is -2.42. The van der Waals surface area contributed by atoms with Gasteiger partial charge in [0.2, 0.25) is 0 Å². The third-order valence-corrected chi connectivity index (χ3v) is 6.37. The zero-order valence-electron chi connectivity index (χ0n) is 12.3. The molecular weight excluding hydrogens is 248 g/mol. The molecule has 1 N–H and O–H groups in total. The fraction of sp³-hybridized carbons (Fsp3) is 0.875. The van der Waals surface area contributed by atoms with E-state index < -0.39 is 0 Å². The Morgan fingerprint density at radius 2 is 2.05 bits per heavy atom. The summed E-state index contributed by atoms with van der Waals surface area (Å²) in [5.74, 6) is 2.78. The Kier molecular flexibility index (Phi) is 3.29. The molecule has 1 aliphatic heterocycles. The number of hydrogen-bond donors (Lipinski definition) is 1. The van der Waals surface area contributed by atoms with E-state index in [9.17, 15) is 0 Å². The van der Waals surface area contributed by atoms with Crippen LogP contribution in [0.25, 0.3) is 0 Å². The van der Waals surface area contributed by atoms with Crippen LogP contribution in [-0.2, 0) is 6.54 Å². The molecular formula is C16H26N4. The molecule has 2 unspecified atom stereocenters. The molecule has 1 aromatic heterocycles.